The summed E-state index contributed by atoms with van der Waals surface area (Å²) in [7, 11) is 1.81. The number of carboxylic acids is 1. The highest BCUT2D eigenvalue weighted by molar-refractivity contribution is 5.91. The Morgan fingerprint density at radius 2 is 2.37 bits per heavy atom. The van der Waals surface area contributed by atoms with Gasteiger partial charge in [-0.05, 0) is 24.5 Å². The van der Waals surface area contributed by atoms with Gasteiger partial charge in [0.2, 0.25) is 5.91 Å². The molecule has 1 aromatic rings. The number of amides is 1. The van der Waals surface area contributed by atoms with Gasteiger partial charge in [-0.2, -0.15) is 5.10 Å². The maximum absolute atomic E-state index is 11.9. The van der Waals surface area contributed by atoms with Crippen LogP contribution in [0.4, 0.5) is 0 Å². The summed E-state index contributed by atoms with van der Waals surface area (Å²) >= 11 is 0. The van der Waals surface area contributed by atoms with Gasteiger partial charge in [-0.3, -0.25) is 14.3 Å². The van der Waals surface area contributed by atoms with Crippen LogP contribution in [0.3, 0.4) is 0 Å². The van der Waals surface area contributed by atoms with E-state index in [9.17, 15) is 9.59 Å². The van der Waals surface area contributed by atoms with Gasteiger partial charge < -0.3 is 10.0 Å². The van der Waals surface area contributed by atoms with Crippen molar-refractivity contribution in [3.05, 3.63) is 24.0 Å². The lowest BCUT2D eigenvalue weighted by Gasteiger charge is -2.13. The highest BCUT2D eigenvalue weighted by Crippen LogP contribution is 2.19. The van der Waals surface area contributed by atoms with Crippen molar-refractivity contribution >= 4 is 18.0 Å². The SMILES string of the molecule is Cn1nccc1C=CC(=O)N1CCC(CC(=O)O)C1. The lowest BCUT2D eigenvalue weighted by atomic mass is 10.1. The van der Waals surface area contributed by atoms with E-state index in [4.69, 9.17) is 5.11 Å². The Labute approximate surface area is 111 Å². The van der Waals surface area contributed by atoms with Gasteiger partial charge >= 0.3 is 5.97 Å². The predicted octanol–water partition coefficient (Wildman–Crippen LogP) is 0.756. The third kappa shape index (κ3) is 3.43. The molecule has 1 unspecified atom stereocenters. The predicted molar refractivity (Wildman–Crippen MR) is 69.2 cm³/mol. The van der Waals surface area contributed by atoms with Crippen LogP contribution in [0.1, 0.15) is 18.5 Å². The minimum absolute atomic E-state index is 0.0749. The molecule has 1 saturated heterocycles. The number of rotatable bonds is 4. The van der Waals surface area contributed by atoms with Gasteiger partial charge in [0.1, 0.15) is 0 Å². The topological polar surface area (TPSA) is 75.4 Å². The van der Waals surface area contributed by atoms with Crippen molar-refractivity contribution in [3.8, 4) is 0 Å². The number of likely N-dealkylation sites (tertiary alicyclic amines) is 1. The number of aromatic nitrogens is 2. The van der Waals surface area contributed by atoms with Gasteiger partial charge in [0.05, 0.1) is 5.69 Å². The zero-order valence-electron chi connectivity index (χ0n) is 10.8. The molecule has 1 fully saturated rings. The van der Waals surface area contributed by atoms with E-state index in [0.717, 1.165) is 12.1 Å². The van der Waals surface area contributed by atoms with E-state index in [1.165, 1.54) is 6.08 Å². The zero-order valence-corrected chi connectivity index (χ0v) is 10.8. The molecule has 2 heterocycles. The standard InChI is InChI=1S/C13H17N3O3/c1-15-11(4-6-14-15)2-3-12(17)16-7-5-10(9-16)8-13(18)19/h2-4,6,10H,5,7-9H2,1H3,(H,18,19). The summed E-state index contributed by atoms with van der Waals surface area (Å²) in [6.07, 6.45) is 5.80. The van der Waals surface area contributed by atoms with Crippen LogP contribution in [0.2, 0.25) is 0 Å². The first kappa shape index (κ1) is 13.3. The molecule has 1 aliphatic heterocycles. The number of hydrogen-bond donors (Lipinski definition) is 1. The molecule has 1 N–H and O–H groups in total. The van der Waals surface area contributed by atoms with Crippen LogP contribution in [0, 0.1) is 5.92 Å². The van der Waals surface area contributed by atoms with E-state index in [-0.39, 0.29) is 18.2 Å². The molecule has 2 rings (SSSR count). The molecule has 0 radical (unpaired) electrons. The largest absolute Gasteiger partial charge is 0.481 e. The molecule has 0 saturated carbocycles. The Balaban J connectivity index is 1.90. The first-order valence-corrected chi connectivity index (χ1v) is 6.23. The zero-order chi connectivity index (χ0) is 13.8. The third-order valence-corrected chi connectivity index (χ3v) is 3.32. The van der Waals surface area contributed by atoms with Crippen LogP contribution in [0.5, 0.6) is 0 Å². The summed E-state index contributed by atoms with van der Waals surface area (Å²) in [6.45, 7) is 1.16. The molecule has 0 bridgehead atoms. The minimum Gasteiger partial charge on any atom is -0.481 e. The molecular formula is C13H17N3O3. The normalized spacial score (nSPS) is 19.2. The molecule has 6 nitrogen and oxygen atoms in total. The number of carboxylic acid groups (broad SMARTS) is 1. The summed E-state index contributed by atoms with van der Waals surface area (Å²) in [5.41, 5.74) is 0.856. The van der Waals surface area contributed by atoms with Gasteiger partial charge in [0.25, 0.3) is 0 Å². The van der Waals surface area contributed by atoms with Crippen LogP contribution in [-0.4, -0.2) is 44.8 Å². The van der Waals surface area contributed by atoms with Crippen LogP contribution < -0.4 is 0 Å². The maximum Gasteiger partial charge on any atom is 0.303 e. The maximum atomic E-state index is 11.9. The monoisotopic (exact) mass is 263 g/mol. The molecule has 0 spiro atoms. The quantitative estimate of drug-likeness (QED) is 0.814. The number of carbonyl (C=O) groups excluding carboxylic acids is 1. The van der Waals surface area contributed by atoms with Crippen molar-refractivity contribution in [3.63, 3.8) is 0 Å². The van der Waals surface area contributed by atoms with Crippen molar-refractivity contribution in [1.82, 2.24) is 14.7 Å². The fourth-order valence-electron chi connectivity index (χ4n) is 2.26. The average molecular weight is 263 g/mol. The smallest absolute Gasteiger partial charge is 0.303 e. The van der Waals surface area contributed by atoms with Gasteiger partial charge in [0, 0.05) is 38.8 Å². The number of aryl methyl sites for hydroxylation is 1. The Hall–Kier alpha value is -2.11. The van der Waals surface area contributed by atoms with E-state index < -0.39 is 5.97 Å². The summed E-state index contributed by atoms with van der Waals surface area (Å²) in [5, 5.41) is 12.7. The molecule has 1 atom stereocenters. The molecule has 19 heavy (non-hydrogen) atoms. The van der Waals surface area contributed by atoms with E-state index in [1.807, 2.05) is 13.1 Å². The van der Waals surface area contributed by atoms with Crippen molar-refractivity contribution in [2.24, 2.45) is 13.0 Å². The summed E-state index contributed by atoms with van der Waals surface area (Å²) in [6, 6.07) is 1.82. The number of nitrogens with zero attached hydrogens (tertiary/aromatic N) is 3. The minimum atomic E-state index is -0.801. The van der Waals surface area contributed by atoms with Gasteiger partial charge in [0.15, 0.2) is 0 Å². The lowest BCUT2D eigenvalue weighted by molar-refractivity contribution is -0.138. The Bertz CT molecular complexity index is 507. The molecular weight excluding hydrogens is 246 g/mol. The lowest BCUT2D eigenvalue weighted by Crippen LogP contribution is -2.27. The van der Waals surface area contributed by atoms with Gasteiger partial charge in [-0.1, -0.05) is 0 Å². The first-order chi connectivity index (χ1) is 9.06. The second kappa shape index (κ2) is 5.69. The van der Waals surface area contributed by atoms with E-state index in [2.05, 4.69) is 5.10 Å². The van der Waals surface area contributed by atoms with Gasteiger partial charge in [-0.15, -0.1) is 0 Å². The number of hydrogen-bond acceptors (Lipinski definition) is 3. The van der Waals surface area contributed by atoms with Crippen molar-refractivity contribution in [1.29, 1.82) is 0 Å². The average Bonchev–Trinajstić information content (AvgIpc) is 2.95. The van der Waals surface area contributed by atoms with E-state index in [0.29, 0.717) is 13.1 Å². The first-order valence-electron chi connectivity index (χ1n) is 6.23. The molecule has 1 aliphatic rings. The Morgan fingerprint density at radius 3 is 3.00 bits per heavy atom. The molecule has 1 aromatic heterocycles. The van der Waals surface area contributed by atoms with Crippen molar-refractivity contribution in [2.45, 2.75) is 12.8 Å². The second-order valence-electron chi connectivity index (χ2n) is 4.75. The van der Waals surface area contributed by atoms with Crippen LogP contribution in [-0.2, 0) is 16.6 Å². The van der Waals surface area contributed by atoms with Crippen molar-refractivity contribution < 1.29 is 14.7 Å². The van der Waals surface area contributed by atoms with Crippen LogP contribution in [0.25, 0.3) is 6.08 Å². The molecule has 6 heteroatoms. The van der Waals surface area contributed by atoms with Crippen LogP contribution in [0.15, 0.2) is 18.3 Å². The number of aliphatic carboxylic acids is 1. The fourth-order valence-corrected chi connectivity index (χ4v) is 2.26. The third-order valence-electron chi connectivity index (χ3n) is 3.32. The van der Waals surface area contributed by atoms with E-state index >= 15 is 0 Å². The van der Waals surface area contributed by atoms with Gasteiger partial charge in [-0.25, -0.2) is 0 Å². The molecule has 0 aliphatic carbocycles. The highest BCUT2D eigenvalue weighted by Gasteiger charge is 2.26. The summed E-state index contributed by atoms with van der Waals surface area (Å²) in [4.78, 5) is 24.3. The number of carbonyl (C=O) groups is 2. The van der Waals surface area contributed by atoms with Crippen molar-refractivity contribution in [2.75, 3.05) is 13.1 Å². The van der Waals surface area contributed by atoms with E-state index in [1.54, 1.807) is 21.9 Å². The molecule has 102 valence electrons. The summed E-state index contributed by atoms with van der Waals surface area (Å²) in [5.74, 6) is -0.801. The van der Waals surface area contributed by atoms with Crippen LogP contribution >= 0.6 is 0 Å². The Morgan fingerprint density at radius 1 is 1.58 bits per heavy atom. The highest BCUT2D eigenvalue weighted by atomic mass is 16.4. The molecule has 0 aromatic carbocycles. The second-order valence-corrected chi connectivity index (χ2v) is 4.75. The summed E-state index contributed by atoms with van der Waals surface area (Å²) < 4.78 is 1.68. The Kier molecular flexibility index (Phi) is 3.99. The fraction of sp³-hybridized carbons (Fsp3) is 0.462. The molecule has 1 amide bonds.